The second kappa shape index (κ2) is 5.26. The molecule has 1 saturated carbocycles. The molecule has 0 aliphatic heterocycles. The molecular weight excluding hydrogens is 238 g/mol. The van der Waals surface area contributed by atoms with Gasteiger partial charge in [0.15, 0.2) is 0 Å². The van der Waals surface area contributed by atoms with Gasteiger partial charge in [-0.1, -0.05) is 19.9 Å². The van der Waals surface area contributed by atoms with Crippen LogP contribution in [-0.2, 0) is 0 Å². The molecule has 1 aromatic carbocycles. The molecule has 1 nitrogen and oxygen atoms in total. The van der Waals surface area contributed by atoms with E-state index in [1.54, 1.807) is 0 Å². The monoisotopic (exact) mass is 263 g/mol. The highest BCUT2D eigenvalue weighted by Gasteiger charge is 2.41. The number of rotatable bonds is 3. The Balaban J connectivity index is 2.12. The highest BCUT2D eigenvalue weighted by molar-refractivity contribution is 8.00. The van der Waals surface area contributed by atoms with Crippen LogP contribution in [0.1, 0.15) is 37.8 Å². The van der Waals surface area contributed by atoms with Gasteiger partial charge in [-0.05, 0) is 62.4 Å². The summed E-state index contributed by atoms with van der Waals surface area (Å²) in [5.41, 5.74) is 3.21. The van der Waals surface area contributed by atoms with Crippen LogP contribution < -0.4 is 5.32 Å². The van der Waals surface area contributed by atoms with Gasteiger partial charge < -0.3 is 5.32 Å². The lowest BCUT2D eigenvalue weighted by Crippen LogP contribution is -2.41. The van der Waals surface area contributed by atoms with E-state index in [-0.39, 0.29) is 0 Å². The van der Waals surface area contributed by atoms with Gasteiger partial charge in [0.25, 0.3) is 0 Å². The molecular formula is C16H25NS. The standard InChI is InChI=1S/C16H25NS/c1-11-6-7-13(10-12(11)2)18-14-8-9-16(3,4)15(14)17-5/h6-7,10,14-15,17H,8-9H2,1-5H3. The molecule has 1 aromatic rings. The van der Waals surface area contributed by atoms with Gasteiger partial charge in [0.2, 0.25) is 0 Å². The molecule has 0 saturated heterocycles. The van der Waals surface area contributed by atoms with Crippen molar-refractivity contribution in [3.63, 3.8) is 0 Å². The molecule has 1 aliphatic carbocycles. The van der Waals surface area contributed by atoms with Crippen LogP contribution in [0.15, 0.2) is 23.1 Å². The van der Waals surface area contributed by atoms with Crippen molar-refractivity contribution in [3.05, 3.63) is 29.3 Å². The molecule has 2 rings (SSSR count). The highest BCUT2D eigenvalue weighted by atomic mass is 32.2. The van der Waals surface area contributed by atoms with Gasteiger partial charge in [-0.2, -0.15) is 0 Å². The lowest BCUT2D eigenvalue weighted by molar-refractivity contribution is 0.300. The highest BCUT2D eigenvalue weighted by Crippen LogP contribution is 2.45. The van der Waals surface area contributed by atoms with Crippen LogP contribution in [0.2, 0.25) is 0 Å². The summed E-state index contributed by atoms with van der Waals surface area (Å²) in [7, 11) is 2.10. The normalized spacial score (nSPS) is 26.5. The fraction of sp³-hybridized carbons (Fsp3) is 0.625. The van der Waals surface area contributed by atoms with E-state index in [4.69, 9.17) is 0 Å². The summed E-state index contributed by atoms with van der Waals surface area (Å²) in [6.45, 7) is 9.15. The van der Waals surface area contributed by atoms with Gasteiger partial charge in [0, 0.05) is 16.2 Å². The van der Waals surface area contributed by atoms with E-state index in [9.17, 15) is 0 Å². The largest absolute Gasteiger partial charge is 0.315 e. The van der Waals surface area contributed by atoms with Crippen molar-refractivity contribution in [2.75, 3.05) is 7.05 Å². The Labute approximate surface area is 116 Å². The van der Waals surface area contributed by atoms with Crippen LogP contribution in [0.4, 0.5) is 0 Å². The summed E-state index contributed by atoms with van der Waals surface area (Å²) < 4.78 is 0. The molecule has 2 heteroatoms. The van der Waals surface area contributed by atoms with Crippen LogP contribution in [0.25, 0.3) is 0 Å². The summed E-state index contributed by atoms with van der Waals surface area (Å²) in [6.07, 6.45) is 2.64. The lowest BCUT2D eigenvalue weighted by Gasteiger charge is -2.30. The minimum absolute atomic E-state index is 0.423. The van der Waals surface area contributed by atoms with Gasteiger partial charge >= 0.3 is 0 Å². The van der Waals surface area contributed by atoms with Crippen LogP contribution >= 0.6 is 11.8 Å². The molecule has 0 spiro atoms. The number of aryl methyl sites for hydroxylation is 2. The van der Waals surface area contributed by atoms with E-state index in [1.165, 1.54) is 28.9 Å². The van der Waals surface area contributed by atoms with E-state index in [1.807, 2.05) is 11.8 Å². The van der Waals surface area contributed by atoms with Crippen molar-refractivity contribution in [1.29, 1.82) is 0 Å². The minimum atomic E-state index is 0.423. The predicted octanol–water partition coefficient (Wildman–Crippen LogP) is 4.17. The van der Waals surface area contributed by atoms with E-state index in [0.29, 0.717) is 16.7 Å². The summed E-state index contributed by atoms with van der Waals surface area (Å²) in [4.78, 5) is 1.42. The molecule has 0 radical (unpaired) electrons. The number of hydrogen-bond acceptors (Lipinski definition) is 2. The third-order valence-electron chi connectivity index (χ3n) is 4.36. The Morgan fingerprint density at radius 3 is 2.56 bits per heavy atom. The predicted molar refractivity (Wildman–Crippen MR) is 81.4 cm³/mol. The van der Waals surface area contributed by atoms with Crippen molar-refractivity contribution < 1.29 is 0 Å². The summed E-state index contributed by atoms with van der Waals surface area (Å²) in [5, 5.41) is 4.23. The summed E-state index contributed by atoms with van der Waals surface area (Å²) in [5.74, 6) is 0. The van der Waals surface area contributed by atoms with E-state index >= 15 is 0 Å². The fourth-order valence-electron chi connectivity index (χ4n) is 3.01. The molecule has 2 unspecified atom stereocenters. The molecule has 0 amide bonds. The maximum Gasteiger partial charge on any atom is 0.0253 e. The smallest absolute Gasteiger partial charge is 0.0253 e. The Morgan fingerprint density at radius 1 is 1.22 bits per heavy atom. The van der Waals surface area contributed by atoms with Gasteiger partial charge in [-0.15, -0.1) is 11.8 Å². The van der Waals surface area contributed by atoms with Gasteiger partial charge in [0.1, 0.15) is 0 Å². The molecule has 1 N–H and O–H groups in total. The molecule has 1 fully saturated rings. The molecule has 18 heavy (non-hydrogen) atoms. The number of hydrogen-bond donors (Lipinski definition) is 1. The zero-order valence-electron chi connectivity index (χ0n) is 12.2. The van der Waals surface area contributed by atoms with Crippen LogP contribution in [0, 0.1) is 19.3 Å². The van der Waals surface area contributed by atoms with Crippen molar-refractivity contribution in [1.82, 2.24) is 5.32 Å². The van der Waals surface area contributed by atoms with Crippen molar-refractivity contribution >= 4 is 11.8 Å². The molecule has 2 atom stereocenters. The van der Waals surface area contributed by atoms with Gasteiger partial charge in [-0.3, -0.25) is 0 Å². The number of thioether (sulfide) groups is 1. The first-order chi connectivity index (χ1) is 8.44. The summed E-state index contributed by atoms with van der Waals surface area (Å²) >= 11 is 2.05. The van der Waals surface area contributed by atoms with Crippen LogP contribution in [-0.4, -0.2) is 18.3 Å². The Bertz CT molecular complexity index is 425. The maximum atomic E-state index is 3.53. The molecule has 100 valence electrons. The number of benzene rings is 1. The van der Waals surface area contributed by atoms with E-state index < -0.39 is 0 Å². The fourth-order valence-corrected chi connectivity index (χ4v) is 4.62. The van der Waals surface area contributed by atoms with Crippen molar-refractivity contribution in [3.8, 4) is 0 Å². The van der Waals surface area contributed by atoms with Crippen LogP contribution in [0.5, 0.6) is 0 Å². The van der Waals surface area contributed by atoms with Crippen LogP contribution in [0.3, 0.4) is 0 Å². The van der Waals surface area contributed by atoms with E-state index in [2.05, 4.69) is 58.3 Å². The molecule has 0 aromatic heterocycles. The quantitative estimate of drug-likeness (QED) is 0.878. The van der Waals surface area contributed by atoms with Crippen molar-refractivity contribution in [2.45, 2.75) is 56.7 Å². The molecule has 0 bridgehead atoms. The second-order valence-corrected chi connectivity index (χ2v) is 7.51. The topological polar surface area (TPSA) is 12.0 Å². The summed E-state index contributed by atoms with van der Waals surface area (Å²) in [6, 6.07) is 7.46. The zero-order chi connectivity index (χ0) is 13.3. The van der Waals surface area contributed by atoms with Crippen molar-refractivity contribution in [2.24, 2.45) is 5.41 Å². The first-order valence-corrected chi connectivity index (χ1v) is 7.73. The average molecular weight is 263 g/mol. The van der Waals surface area contributed by atoms with E-state index in [0.717, 1.165) is 0 Å². The minimum Gasteiger partial charge on any atom is -0.315 e. The first-order valence-electron chi connectivity index (χ1n) is 6.85. The molecule has 1 aliphatic rings. The third-order valence-corrected chi connectivity index (χ3v) is 5.70. The third kappa shape index (κ3) is 2.75. The zero-order valence-corrected chi connectivity index (χ0v) is 13.0. The SMILES string of the molecule is CNC1C(Sc2ccc(C)c(C)c2)CCC1(C)C. The second-order valence-electron chi connectivity index (χ2n) is 6.20. The van der Waals surface area contributed by atoms with Gasteiger partial charge in [0.05, 0.1) is 0 Å². The maximum absolute atomic E-state index is 3.53. The average Bonchev–Trinajstić information content (AvgIpc) is 2.59. The van der Waals surface area contributed by atoms with Gasteiger partial charge in [-0.25, -0.2) is 0 Å². The Morgan fingerprint density at radius 2 is 1.94 bits per heavy atom. The number of nitrogens with one attached hydrogen (secondary N) is 1. The first kappa shape index (κ1) is 14.0. The molecule has 0 heterocycles. The lowest BCUT2D eigenvalue weighted by atomic mass is 9.87. The Hall–Kier alpha value is -0.470. The Kier molecular flexibility index (Phi) is 4.08.